The normalized spacial score (nSPS) is 11.8. The average molecular weight is 403 g/mol. The fraction of sp³-hybridized carbons (Fsp3) is 0.381. The maximum Gasteiger partial charge on any atom is 0.231 e. The summed E-state index contributed by atoms with van der Waals surface area (Å²) in [6.07, 6.45) is 1.88. The molecule has 2 aromatic rings. The van der Waals surface area contributed by atoms with Gasteiger partial charge in [-0.15, -0.1) is 0 Å². The maximum atomic E-state index is 5.82. The van der Waals surface area contributed by atoms with Crippen molar-refractivity contribution in [2.75, 3.05) is 25.3 Å². The molecule has 0 fully saturated rings. The molecule has 0 saturated carbocycles. The van der Waals surface area contributed by atoms with Gasteiger partial charge in [-0.3, -0.25) is 0 Å². The molecule has 0 aromatic heterocycles. The van der Waals surface area contributed by atoms with E-state index in [2.05, 4.69) is 24.5 Å². The molecule has 0 spiro atoms. The number of rotatable bonds is 9. The van der Waals surface area contributed by atoms with E-state index < -0.39 is 0 Å². The molecular formula is C21H26N2O4S. The Balaban J connectivity index is 1.58. The number of hydrogen-bond donors (Lipinski definition) is 2. The van der Waals surface area contributed by atoms with Crippen LogP contribution in [0, 0.1) is 0 Å². The minimum atomic E-state index is 0.270. The Morgan fingerprint density at radius 3 is 2.50 bits per heavy atom. The van der Waals surface area contributed by atoms with Gasteiger partial charge < -0.3 is 29.6 Å². The molecule has 0 atom stereocenters. The molecule has 3 rings (SSSR count). The lowest BCUT2D eigenvalue weighted by atomic mass is 10.2. The van der Waals surface area contributed by atoms with Crippen LogP contribution < -0.4 is 29.6 Å². The Labute approximate surface area is 171 Å². The zero-order chi connectivity index (χ0) is 19.8. The minimum absolute atomic E-state index is 0.270. The van der Waals surface area contributed by atoms with Crippen LogP contribution >= 0.6 is 12.2 Å². The van der Waals surface area contributed by atoms with Gasteiger partial charge in [-0.2, -0.15) is 0 Å². The van der Waals surface area contributed by atoms with Crippen molar-refractivity contribution in [1.82, 2.24) is 5.32 Å². The molecule has 1 aliphatic heterocycles. The van der Waals surface area contributed by atoms with Crippen molar-refractivity contribution in [3.8, 4) is 23.0 Å². The fourth-order valence-electron chi connectivity index (χ4n) is 2.65. The Kier molecular flexibility index (Phi) is 7.19. The van der Waals surface area contributed by atoms with Crippen molar-refractivity contribution in [3.05, 3.63) is 42.0 Å². The Bertz CT molecular complexity index is 813. The molecule has 7 heteroatoms. The van der Waals surface area contributed by atoms with Gasteiger partial charge >= 0.3 is 0 Å². The fourth-order valence-corrected chi connectivity index (χ4v) is 2.84. The summed E-state index contributed by atoms with van der Waals surface area (Å²) in [6.45, 7) is 6.30. The molecule has 0 bridgehead atoms. The van der Waals surface area contributed by atoms with Crippen LogP contribution in [0.4, 0.5) is 5.69 Å². The zero-order valence-corrected chi connectivity index (χ0v) is 17.1. The van der Waals surface area contributed by atoms with Crippen molar-refractivity contribution < 1.29 is 18.9 Å². The highest BCUT2D eigenvalue weighted by atomic mass is 32.1. The SMILES string of the molecule is CCCOc1ccc(NC(=S)NCc2ccc3c(c2)OCO3)cc1OCCC. The topological polar surface area (TPSA) is 61.0 Å². The third kappa shape index (κ3) is 5.42. The second-order valence-corrected chi connectivity index (χ2v) is 6.76. The monoisotopic (exact) mass is 402 g/mol. The Morgan fingerprint density at radius 1 is 0.964 bits per heavy atom. The number of fused-ring (bicyclic) bond motifs is 1. The quantitative estimate of drug-likeness (QED) is 0.600. The van der Waals surface area contributed by atoms with E-state index in [1.165, 1.54) is 0 Å². The maximum absolute atomic E-state index is 5.82. The van der Waals surface area contributed by atoms with Gasteiger partial charge in [-0.1, -0.05) is 19.9 Å². The smallest absolute Gasteiger partial charge is 0.231 e. The molecule has 150 valence electrons. The van der Waals surface area contributed by atoms with Crippen molar-refractivity contribution >= 4 is 23.0 Å². The molecule has 0 saturated heterocycles. The van der Waals surface area contributed by atoms with E-state index in [4.69, 9.17) is 31.2 Å². The van der Waals surface area contributed by atoms with Crippen LogP contribution in [0.5, 0.6) is 23.0 Å². The summed E-state index contributed by atoms with van der Waals surface area (Å²) < 4.78 is 22.3. The predicted octanol–water partition coefficient (Wildman–Crippen LogP) is 4.48. The summed E-state index contributed by atoms with van der Waals surface area (Å²) in [5.41, 5.74) is 1.90. The second kappa shape index (κ2) is 10.0. The van der Waals surface area contributed by atoms with Crippen LogP contribution in [0.15, 0.2) is 36.4 Å². The lowest BCUT2D eigenvalue weighted by Crippen LogP contribution is -2.27. The molecule has 1 aliphatic rings. The standard InChI is InChI=1S/C21H26N2O4S/c1-3-9-24-17-8-6-16(12-20(17)25-10-4-2)23-21(28)22-13-15-5-7-18-19(11-15)27-14-26-18/h5-8,11-12H,3-4,9-10,13-14H2,1-2H3,(H2,22,23,28). The molecule has 0 unspecified atom stereocenters. The van der Waals surface area contributed by atoms with Gasteiger partial charge in [0.05, 0.1) is 13.2 Å². The van der Waals surface area contributed by atoms with Gasteiger partial charge in [0, 0.05) is 18.3 Å². The third-order valence-corrected chi connectivity index (χ3v) is 4.26. The van der Waals surface area contributed by atoms with Crippen LogP contribution in [-0.2, 0) is 6.54 Å². The first kappa shape index (κ1) is 20.1. The number of benzene rings is 2. The third-order valence-electron chi connectivity index (χ3n) is 4.02. The Morgan fingerprint density at radius 2 is 1.71 bits per heavy atom. The number of hydrogen-bond acceptors (Lipinski definition) is 5. The summed E-state index contributed by atoms with van der Waals surface area (Å²) in [4.78, 5) is 0. The van der Waals surface area contributed by atoms with Gasteiger partial charge in [0.2, 0.25) is 6.79 Å². The molecule has 0 amide bonds. The highest BCUT2D eigenvalue weighted by molar-refractivity contribution is 7.80. The molecule has 2 N–H and O–H groups in total. The van der Waals surface area contributed by atoms with E-state index in [1.807, 2.05) is 36.4 Å². The number of thiocarbonyl (C=S) groups is 1. The van der Waals surface area contributed by atoms with Gasteiger partial charge in [0.1, 0.15) is 0 Å². The molecule has 6 nitrogen and oxygen atoms in total. The van der Waals surface area contributed by atoms with Gasteiger partial charge in [0.15, 0.2) is 28.1 Å². The van der Waals surface area contributed by atoms with Crippen molar-refractivity contribution in [2.45, 2.75) is 33.2 Å². The average Bonchev–Trinajstić information content (AvgIpc) is 3.18. The molecular weight excluding hydrogens is 376 g/mol. The molecule has 0 aliphatic carbocycles. The first-order chi connectivity index (χ1) is 13.7. The largest absolute Gasteiger partial charge is 0.490 e. The van der Waals surface area contributed by atoms with E-state index in [9.17, 15) is 0 Å². The van der Waals surface area contributed by atoms with Crippen LogP contribution in [0.25, 0.3) is 0 Å². The van der Waals surface area contributed by atoms with Gasteiger partial charge in [0.25, 0.3) is 0 Å². The van der Waals surface area contributed by atoms with E-state index in [0.717, 1.165) is 47.1 Å². The van der Waals surface area contributed by atoms with Gasteiger partial charge in [-0.25, -0.2) is 0 Å². The highest BCUT2D eigenvalue weighted by Crippen LogP contribution is 2.33. The van der Waals surface area contributed by atoms with Crippen LogP contribution in [-0.4, -0.2) is 25.1 Å². The summed E-state index contributed by atoms with van der Waals surface area (Å²) >= 11 is 5.42. The first-order valence-corrected chi connectivity index (χ1v) is 9.93. The summed E-state index contributed by atoms with van der Waals surface area (Å²) in [6, 6.07) is 11.6. The second-order valence-electron chi connectivity index (χ2n) is 6.35. The summed E-state index contributed by atoms with van der Waals surface area (Å²) in [5.74, 6) is 3.01. The number of nitrogens with one attached hydrogen (secondary N) is 2. The van der Waals surface area contributed by atoms with Gasteiger partial charge in [-0.05, 0) is 54.9 Å². The van der Waals surface area contributed by atoms with Crippen molar-refractivity contribution in [2.24, 2.45) is 0 Å². The van der Waals surface area contributed by atoms with Crippen LogP contribution in [0.2, 0.25) is 0 Å². The predicted molar refractivity (Wildman–Crippen MR) is 114 cm³/mol. The molecule has 0 radical (unpaired) electrons. The van der Waals surface area contributed by atoms with Crippen molar-refractivity contribution in [1.29, 1.82) is 0 Å². The first-order valence-electron chi connectivity index (χ1n) is 9.52. The van der Waals surface area contributed by atoms with E-state index in [0.29, 0.717) is 24.9 Å². The molecule has 1 heterocycles. The lowest BCUT2D eigenvalue weighted by molar-refractivity contribution is 0.174. The minimum Gasteiger partial charge on any atom is -0.490 e. The van der Waals surface area contributed by atoms with E-state index in [-0.39, 0.29) is 6.79 Å². The molecule has 28 heavy (non-hydrogen) atoms. The van der Waals surface area contributed by atoms with E-state index in [1.54, 1.807) is 0 Å². The van der Waals surface area contributed by atoms with Crippen LogP contribution in [0.3, 0.4) is 0 Å². The number of ether oxygens (including phenoxy) is 4. The Hall–Kier alpha value is -2.67. The van der Waals surface area contributed by atoms with Crippen LogP contribution in [0.1, 0.15) is 32.3 Å². The summed E-state index contributed by atoms with van der Waals surface area (Å²) in [5, 5.41) is 6.92. The zero-order valence-electron chi connectivity index (χ0n) is 16.2. The summed E-state index contributed by atoms with van der Waals surface area (Å²) in [7, 11) is 0. The number of anilines is 1. The van der Waals surface area contributed by atoms with E-state index >= 15 is 0 Å². The molecule has 2 aromatic carbocycles. The van der Waals surface area contributed by atoms with Crippen molar-refractivity contribution in [3.63, 3.8) is 0 Å². The lowest BCUT2D eigenvalue weighted by Gasteiger charge is -2.15. The highest BCUT2D eigenvalue weighted by Gasteiger charge is 2.13.